The van der Waals surface area contributed by atoms with Crippen molar-refractivity contribution in [3.8, 4) is 0 Å². The van der Waals surface area contributed by atoms with Crippen molar-refractivity contribution in [2.75, 3.05) is 0 Å². The van der Waals surface area contributed by atoms with E-state index in [4.69, 9.17) is 0 Å². The molecule has 0 unspecified atom stereocenters. The molecule has 0 amide bonds. The van der Waals surface area contributed by atoms with Gasteiger partial charge in [0.15, 0.2) is 5.71 Å². The molecular weight excluding hydrogens is 286 g/mol. The van der Waals surface area contributed by atoms with E-state index in [2.05, 4.69) is 15.1 Å². The first-order chi connectivity index (χ1) is 11.3. The Morgan fingerprint density at radius 3 is 1.61 bits per heavy atom. The molecule has 2 aromatic heterocycles. The Morgan fingerprint density at radius 1 is 0.652 bits per heavy atom. The van der Waals surface area contributed by atoms with Gasteiger partial charge in [-0.3, -0.25) is 0 Å². The van der Waals surface area contributed by atoms with Crippen molar-refractivity contribution in [2.24, 2.45) is 5.16 Å². The first kappa shape index (κ1) is 13.4. The Kier molecular flexibility index (Phi) is 3.20. The average molecular weight is 299 g/mol. The molecule has 4 rings (SSSR count). The fraction of sp³-hybridized carbons (Fsp3) is 0. The van der Waals surface area contributed by atoms with Crippen molar-refractivity contribution in [1.29, 1.82) is 0 Å². The zero-order valence-electron chi connectivity index (χ0n) is 12.2. The molecule has 2 aromatic carbocycles. The molecule has 0 fully saturated rings. The molecule has 2 heterocycles. The van der Waals surface area contributed by atoms with Crippen LogP contribution in [0.25, 0.3) is 21.8 Å². The normalized spacial score (nSPS) is 10.8. The van der Waals surface area contributed by atoms with Crippen molar-refractivity contribution in [3.05, 3.63) is 84.2 Å². The summed E-state index contributed by atoms with van der Waals surface area (Å²) in [5.41, 5.74) is 3.25. The van der Waals surface area contributed by atoms with Crippen LogP contribution in [0.2, 0.25) is 0 Å². The Bertz CT molecular complexity index is 959. The summed E-state index contributed by atoms with van der Waals surface area (Å²) in [6, 6.07) is 23.3. The summed E-state index contributed by atoms with van der Waals surface area (Å²) >= 11 is 0. The van der Waals surface area contributed by atoms with Crippen LogP contribution in [0.1, 0.15) is 11.4 Å². The molecular formula is C19H13N3O. The van der Waals surface area contributed by atoms with Gasteiger partial charge in [-0.05, 0) is 24.3 Å². The van der Waals surface area contributed by atoms with E-state index in [0.29, 0.717) is 17.1 Å². The van der Waals surface area contributed by atoms with E-state index in [-0.39, 0.29) is 0 Å². The van der Waals surface area contributed by atoms with E-state index < -0.39 is 0 Å². The monoisotopic (exact) mass is 299 g/mol. The van der Waals surface area contributed by atoms with Gasteiger partial charge in [-0.1, -0.05) is 53.7 Å². The third-order valence-electron chi connectivity index (χ3n) is 3.78. The Morgan fingerprint density at radius 2 is 1.13 bits per heavy atom. The Hall–Kier alpha value is -3.27. The van der Waals surface area contributed by atoms with Gasteiger partial charge in [0.25, 0.3) is 0 Å². The highest BCUT2D eigenvalue weighted by Gasteiger charge is 2.12. The van der Waals surface area contributed by atoms with Crippen molar-refractivity contribution in [2.45, 2.75) is 0 Å². The number of hydrogen-bond acceptors (Lipinski definition) is 4. The molecule has 0 radical (unpaired) electrons. The highest BCUT2D eigenvalue weighted by molar-refractivity contribution is 6.11. The molecule has 23 heavy (non-hydrogen) atoms. The summed E-state index contributed by atoms with van der Waals surface area (Å²) in [6.45, 7) is 0. The maximum absolute atomic E-state index is 9.49. The van der Waals surface area contributed by atoms with Crippen LogP contribution < -0.4 is 0 Å². The summed E-state index contributed by atoms with van der Waals surface area (Å²) in [5.74, 6) is 0. The number of fused-ring (bicyclic) bond motifs is 2. The fourth-order valence-corrected chi connectivity index (χ4v) is 2.63. The average Bonchev–Trinajstić information content (AvgIpc) is 2.62. The number of pyridine rings is 2. The van der Waals surface area contributed by atoms with E-state index in [0.717, 1.165) is 21.8 Å². The number of rotatable bonds is 2. The zero-order chi connectivity index (χ0) is 15.6. The highest BCUT2D eigenvalue weighted by atomic mass is 16.4. The van der Waals surface area contributed by atoms with Crippen molar-refractivity contribution >= 4 is 27.5 Å². The van der Waals surface area contributed by atoms with Gasteiger partial charge in [0.1, 0.15) is 0 Å². The summed E-state index contributed by atoms with van der Waals surface area (Å²) in [5, 5.41) is 15.0. The highest BCUT2D eigenvalue weighted by Crippen LogP contribution is 2.17. The molecule has 1 N–H and O–H groups in total. The standard InChI is InChI=1S/C19H13N3O/c23-22-19(17-11-9-13-5-1-3-7-15(13)20-17)18-12-10-14-6-2-4-8-16(14)21-18/h1-12,23H. The summed E-state index contributed by atoms with van der Waals surface area (Å²) in [4.78, 5) is 9.14. The van der Waals surface area contributed by atoms with Gasteiger partial charge in [-0.2, -0.15) is 0 Å². The first-order valence-electron chi connectivity index (χ1n) is 7.29. The van der Waals surface area contributed by atoms with E-state index in [1.165, 1.54) is 0 Å². The Balaban J connectivity index is 1.85. The SMILES string of the molecule is ON=C(c1ccc2ccccc2n1)c1ccc2ccccc2n1. The predicted molar refractivity (Wildman–Crippen MR) is 90.9 cm³/mol. The van der Waals surface area contributed by atoms with E-state index in [1.807, 2.05) is 72.8 Å². The zero-order valence-corrected chi connectivity index (χ0v) is 12.2. The number of oxime groups is 1. The van der Waals surface area contributed by atoms with Crippen LogP contribution in [0, 0.1) is 0 Å². The maximum Gasteiger partial charge on any atom is 0.153 e. The third kappa shape index (κ3) is 2.40. The minimum absolute atomic E-state index is 0.363. The van der Waals surface area contributed by atoms with Gasteiger partial charge in [-0.25, -0.2) is 9.97 Å². The van der Waals surface area contributed by atoms with Gasteiger partial charge in [-0.15, -0.1) is 0 Å². The van der Waals surface area contributed by atoms with Crippen LogP contribution in [0.15, 0.2) is 78.0 Å². The molecule has 0 saturated carbocycles. The summed E-state index contributed by atoms with van der Waals surface area (Å²) < 4.78 is 0. The number of benzene rings is 2. The minimum atomic E-state index is 0.363. The van der Waals surface area contributed by atoms with E-state index >= 15 is 0 Å². The largest absolute Gasteiger partial charge is 0.410 e. The first-order valence-corrected chi connectivity index (χ1v) is 7.29. The minimum Gasteiger partial charge on any atom is -0.410 e. The van der Waals surface area contributed by atoms with Crippen molar-refractivity contribution in [1.82, 2.24) is 9.97 Å². The molecule has 0 saturated heterocycles. The van der Waals surface area contributed by atoms with Crippen LogP contribution >= 0.6 is 0 Å². The van der Waals surface area contributed by atoms with Crippen LogP contribution in [0.5, 0.6) is 0 Å². The second-order valence-electron chi connectivity index (χ2n) is 5.23. The van der Waals surface area contributed by atoms with Crippen LogP contribution in [0.3, 0.4) is 0 Å². The lowest BCUT2D eigenvalue weighted by molar-refractivity contribution is 0.319. The molecule has 110 valence electrons. The lowest BCUT2D eigenvalue weighted by Crippen LogP contribution is -2.08. The van der Waals surface area contributed by atoms with Crippen LogP contribution in [-0.4, -0.2) is 20.9 Å². The molecule has 4 nitrogen and oxygen atoms in total. The molecule has 4 heteroatoms. The topological polar surface area (TPSA) is 58.4 Å². The summed E-state index contributed by atoms with van der Waals surface area (Å²) in [7, 11) is 0. The van der Waals surface area contributed by atoms with Crippen molar-refractivity contribution in [3.63, 3.8) is 0 Å². The fourth-order valence-electron chi connectivity index (χ4n) is 2.63. The molecule has 0 aliphatic heterocycles. The molecule has 4 aromatic rings. The number of aromatic nitrogens is 2. The van der Waals surface area contributed by atoms with Gasteiger partial charge in [0, 0.05) is 10.8 Å². The molecule has 0 atom stereocenters. The number of hydrogen-bond donors (Lipinski definition) is 1. The smallest absolute Gasteiger partial charge is 0.153 e. The molecule has 0 bridgehead atoms. The van der Waals surface area contributed by atoms with E-state index in [9.17, 15) is 5.21 Å². The molecule has 0 aliphatic carbocycles. The molecule has 0 spiro atoms. The van der Waals surface area contributed by atoms with Crippen LogP contribution in [0.4, 0.5) is 0 Å². The van der Waals surface area contributed by atoms with Gasteiger partial charge < -0.3 is 5.21 Å². The van der Waals surface area contributed by atoms with Gasteiger partial charge >= 0.3 is 0 Å². The lowest BCUT2D eigenvalue weighted by Gasteiger charge is -2.06. The maximum atomic E-state index is 9.49. The number of nitrogens with zero attached hydrogens (tertiary/aromatic N) is 3. The number of para-hydroxylation sites is 2. The molecule has 0 aliphatic rings. The predicted octanol–water partition coefficient (Wildman–Crippen LogP) is 4.01. The summed E-state index contributed by atoms with van der Waals surface area (Å²) in [6.07, 6.45) is 0. The van der Waals surface area contributed by atoms with Crippen LogP contribution in [-0.2, 0) is 0 Å². The second-order valence-corrected chi connectivity index (χ2v) is 5.23. The lowest BCUT2D eigenvalue weighted by atomic mass is 10.1. The Labute approximate surface area is 132 Å². The van der Waals surface area contributed by atoms with E-state index in [1.54, 1.807) is 0 Å². The quantitative estimate of drug-likeness (QED) is 0.345. The second kappa shape index (κ2) is 5.50. The van der Waals surface area contributed by atoms with Gasteiger partial charge in [0.2, 0.25) is 0 Å². The van der Waals surface area contributed by atoms with Gasteiger partial charge in [0.05, 0.1) is 22.4 Å². The third-order valence-corrected chi connectivity index (χ3v) is 3.78. The van der Waals surface area contributed by atoms with Crippen molar-refractivity contribution < 1.29 is 5.21 Å².